The summed E-state index contributed by atoms with van der Waals surface area (Å²) in [6, 6.07) is 0. The Hall–Kier alpha value is -1.50. The second-order valence-corrected chi connectivity index (χ2v) is 19.4. The Morgan fingerprint density at radius 2 is 0.761 bits per heavy atom. The highest BCUT2D eigenvalue weighted by Crippen LogP contribution is 2.27. The fourth-order valence-corrected chi connectivity index (χ4v) is 8.87. The van der Waals surface area contributed by atoms with Crippen molar-refractivity contribution < 1.29 is 73.8 Å². The maximum Gasteiger partial charge on any atom is 0.306 e. The highest BCUT2D eigenvalue weighted by molar-refractivity contribution is 5.70. The smallest absolute Gasteiger partial charge is 0.306 e. The minimum absolute atomic E-state index is 0.174. The lowest BCUT2D eigenvalue weighted by molar-refractivity contribution is -0.332. The number of aliphatic hydroxyl groups is 7. The van der Waals surface area contributed by atoms with Gasteiger partial charge in [0.25, 0.3) is 0 Å². The van der Waals surface area contributed by atoms with E-state index in [4.69, 9.17) is 28.4 Å². The van der Waals surface area contributed by atoms with Crippen LogP contribution in [0.5, 0.6) is 0 Å². The van der Waals surface area contributed by atoms with Crippen molar-refractivity contribution in [2.45, 2.75) is 293 Å². The molecule has 0 aromatic carbocycles. The van der Waals surface area contributed by atoms with Crippen LogP contribution < -0.4 is 0 Å². The van der Waals surface area contributed by atoms with Crippen molar-refractivity contribution in [3.05, 3.63) is 0 Å². The van der Waals surface area contributed by atoms with Crippen molar-refractivity contribution in [3.8, 4) is 0 Å². The molecule has 0 bridgehead atoms. The molecule has 2 aliphatic heterocycles. The Kier molecular flexibility index (Phi) is 36.9. The van der Waals surface area contributed by atoms with E-state index in [0.29, 0.717) is 12.8 Å². The third kappa shape index (κ3) is 28.2. The van der Waals surface area contributed by atoms with E-state index in [2.05, 4.69) is 13.8 Å². The van der Waals surface area contributed by atoms with E-state index in [1.165, 1.54) is 148 Å². The average molecular weight is 963 g/mol. The summed E-state index contributed by atoms with van der Waals surface area (Å²) in [6.45, 7) is 2.63. The Balaban J connectivity index is 1.78. The van der Waals surface area contributed by atoms with Crippen LogP contribution in [-0.4, -0.2) is 142 Å². The molecule has 2 heterocycles. The van der Waals surface area contributed by atoms with Crippen molar-refractivity contribution in [3.63, 3.8) is 0 Å². The summed E-state index contributed by atoms with van der Waals surface area (Å²) in [4.78, 5) is 25.8. The van der Waals surface area contributed by atoms with Gasteiger partial charge in [0.15, 0.2) is 18.7 Å². The Morgan fingerprint density at radius 1 is 0.418 bits per heavy atom. The second kappa shape index (κ2) is 40.1. The topological polar surface area (TPSA) is 231 Å². The highest BCUT2D eigenvalue weighted by Gasteiger charge is 2.47. The zero-order chi connectivity index (χ0) is 48.9. The van der Waals surface area contributed by atoms with Crippen LogP contribution in [0.15, 0.2) is 0 Å². The van der Waals surface area contributed by atoms with E-state index in [1.807, 2.05) is 0 Å². The summed E-state index contributed by atoms with van der Waals surface area (Å²) in [6.07, 6.45) is 21.2. The van der Waals surface area contributed by atoms with E-state index in [-0.39, 0.29) is 26.1 Å². The maximum absolute atomic E-state index is 13.0. The van der Waals surface area contributed by atoms with Gasteiger partial charge in [0.05, 0.1) is 19.8 Å². The summed E-state index contributed by atoms with van der Waals surface area (Å²) in [5.74, 6) is -0.907. The summed E-state index contributed by atoms with van der Waals surface area (Å²) in [5.41, 5.74) is 0. The molecule has 4 unspecified atom stereocenters. The summed E-state index contributed by atoms with van der Waals surface area (Å²) in [5, 5.41) is 72.1. The van der Waals surface area contributed by atoms with E-state index in [0.717, 1.165) is 38.5 Å². The molecule has 0 aromatic rings. The van der Waals surface area contributed by atoms with Crippen molar-refractivity contribution in [2.24, 2.45) is 0 Å². The van der Waals surface area contributed by atoms with Gasteiger partial charge in [-0.05, 0) is 12.8 Å². The first-order valence-corrected chi connectivity index (χ1v) is 27.1. The van der Waals surface area contributed by atoms with Crippen molar-refractivity contribution in [1.82, 2.24) is 0 Å². The van der Waals surface area contributed by atoms with Gasteiger partial charge in [0.1, 0.15) is 55.4 Å². The summed E-state index contributed by atoms with van der Waals surface area (Å²) < 4.78 is 33.6. The lowest BCUT2D eigenvalue weighted by Gasteiger charge is -2.42. The molecule has 15 heteroatoms. The minimum Gasteiger partial charge on any atom is -0.462 e. The van der Waals surface area contributed by atoms with Crippen LogP contribution in [0.4, 0.5) is 0 Å². The van der Waals surface area contributed by atoms with Crippen LogP contribution in [0, 0.1) is 0 Å². The molecule has 2 fully saturated rings. The summed E-state index contributed by atoms with van der Waals surface area (Å²) in [7, 11) is 0. The third-order valence-corrected chi connectivity index (χ3v) is 13.3. The van der Waals surface area contributed by atoms with E-state index in [9.17, 15) is 45.3 Å². The molecule has 396 valence electrons. The molecule has 0 radical (unpaired) electrons. The fraction of sp³-hybridized carbons (Fsp3) is 0.962. The quantitative estimate of drug-likeness (QED) is 0.0227. The summed E-state index contributed by atoms with van der Waals surface area (Å²) >= 11 is 0. The molecule has 2 aliphatic rings. The number of hydrogen-bond acceptors (Lipinski definition) is 15. The number of unbranched alkanes of at least 4 members (excludes halogenated alkanes) is 29. The first-order valence-electron chi connectivity index (χ1n) is 27.1. The second-order valence-electron chi connectivity index (χ2n) is 19.4. The molecular formula is C52H98O15. The molecule has 67 heavy (non-hydrogen) atoms. The normalized spacial score (nSPS) is 25.9. The molecule has 0 aliphatic carbocycles. The molecule has 0 aromatic heterocycles. The molecule has 0 spiro atoms. The molecule has 15 nitrogen and oxygen atoms in total. The predicted octanol–water partition coefficient (Wildman–Crippen LogP) is 8.00. The highest BCUT2D eigenvalue weighted by atomic mass is 16.7. The first kappa shape index (κ1) is 61.6. The number of carbonyl (C=O) groups excluding carboxylic acids is 2. The van der Waals surface area contributed by atoms with Crippen LogP contribution >= 0.6 is 0 Å². The number of esters is 2. The van der Waals surface area contributed by atoms with Crippen LogP contribution in [-0.2, 0) is 38.0 Å². The number of ether oxygens (including phenoxy) is 6. The van der Waals surface area contributed by atoms with Crippen LogP contribution in [0.2, 0.25) is 0 Å². The Labute approximate surface area is 404 Å². The number of rotatable bonds is 43. The third-order valence-electron chi connectivity index (χ3n) is 13.3. The molecule has 2 saturated heterocycles. The monoisotopic (exact) mass is 963 g/mol. The van der Waals surface area contributed by atoms with Gasteiger partial charge in [-0.3, -0.25) is 9.59 Å². The van der Waals surface area contributed by atoms with Gasteiger partial charge in [-0.15, -0.1) is 0 Å². The zero-order valence-electron chi connectivity index (χ0n) is 41.9. The van der Waals surface area contributed by atoms with Crippen LogP contribution in [0.25, 0.3) is 0 Å². The van der Waals surface area contributed by atoms with E-state index in [1.54, 1.807) is 0 Å². The lowest BCUT2D eigenvalue weighted by atomic mass is 9.98. The lowest BCUT2D eigenvalue weighted by Crippen LogP contribution is -2.61. The SMILES string of the molecule is CCCCCCCCCCCCCCCCCCCC(=O)O[C@H](COC(=O)CCCCCCCCCCCCCCCC)CO[C@H]1O[C@@H](CO[C@H]2O[C@@H](CO)[C@@H](O)C(O)C2O)[C@@H](O)C(O)C1O. The molecule has 0 saturated carbocycles. The zero-order valence-corrected chi connectivity index (χ0v) is 41.9. The van der Waals surface area contributed by atoms with Gasteiger partial charge in [-0.2, -0.15) is 0 Å². The Bertz CT molecular complexity index is 1180. The maximum atomic E-state index is 13.0. The van der Waals surface area contributed by atoms with E-state index < -0.39 is 92.7 Å². The minimum atomic E-state index is -1.76. The van der Waals surface area contributed by atoms with Gasteiger partial charge in [-0.25, -0.2) is 0 Å². The van der Waals surface area contributed by atoms with Crippen LogP contribution in [0.3, 0.4) is 0 Å². The number of hydrogen-bond donors (Lipinski definition) is 7. The predicted molar refractivity (Wildman–Crippen MR) is 257 cm³/mol. The van der Waals surface area contributed by atoms with Gasteiger partial charge >= 0.3 is 11.9 Å². The first-order chi connectivity index (χ1) is 32.5. The number of aliphatic hydroxyl groups excluding tert-OH is 7. The molecule has 7 N–H and O–H groups in total. The average Bonchev–Trinajstić information content (AvgIpc) is 3.32. The molecule has 0 amide bonds. The van der Waals surface area contributed by atoms with Gasteiger partial charge < -0.3 is 64.2 Å². The fourth-order valence-electron chi connectivity index (χ4n) is 8.87. The van der Waals surface area contributed by atoms with Crippen LogP contribution in [0.1, 0.15) is 226 Å². The van der Waals surface area contributed by atoms with Gasteiger partial charge in [0, 0.05) is 12.8 Å². The largest absolute Gasteiger partial charge is 0.462 e. The molecule has 11 atom stereocenters. The van der Waals surface area contributed by atoms with Crippen molar-refractivity contribution in [1.29, 1.82) is 0 Å². The molecule has 2 rings (SSSR count). The molecular weight excluding hydrogens is 865 g/mol. The van der Waals surface area contributed by atoms with Crippen molar-refractivity contribution in [2.75, 3.05) is 26.4 Å². The number of carbonyl (C=O) groups is 2. The van der Waals surface area contributed by atoms with Gasteiger partial charge in [0.2, 0.25) is 0 Å². The van der Waals surface area contributed by atoms with Gasteiger partial charge in [-0.1, -0.05) is 200 Å². The van der Waals surface area contributed by atoms with Crippen molar-refractivity contribution >= 4 is 11.9 Å². The van der Waals surface area contributed by atoms with E-state index >= 15 is 0 Å². The Morgan fingerprint density at radius 3 is 1.16 bits per heavy atom. The standard InChI is InChI=1S/C52H98O15/c1-3-5-7-9-11-13-15-17-19-20-21-23-25-27-29-31-33-35-44(55)65-40(37-62-43(54)34-32-30-28-26-24-22-18-16-14-12-10-8-6-4-2)38-63-51-50(61)48(59)46(57)42(67-51)39-64-52-49(60)47(58)45(56)41(36-53)66-52/h40-42,45-53,56-61H,3-39H2,1-2H3/t40-,41+,42+,45-,46-,47?,48?,49?,50?,51+,52+/m1/s1.